The molecule has 0 aliphatic heterocycles. The van der Waals surface area contributed by atoms with Gasteiger partial charge in [-0.05, 0) is 6.92 Å². The zero-order valence-electron chi connectivity index (χ0n) is 10.2. The van der Waals surface area contributed by atoms with Gasteiger partial charge in [0.05, 0.1) is 7.11 Å². The second-order valence-corrected chi connectivity index (χ2v) is 3.70. The lowest BCUT2D eigenvalue weighted by atomic mass is 10.6. The Labute approximate surface area is 106 Å². The van der Waals surface area contributed by atoms with Gasteiger partial charge in [0.1, 0.15) is 12.2 Å². The summed E-state index contributed by atoms with van der Waals surface area (Å²) in [4.78, 5) is 19.3. The average molecular weight is 259 g/mol. The summed E-state index contributed by atoms with van der Waals surface area (Å²) in [5.41, 5.74) is 0.529. The summed E-state index contributed by atoms with van der Waals surface area (Å²) in [5.74, 6) is 0.517. The molecule has 3 aromatic rings. The van der Waals surface area contributed by atoms with E-state index in [0.29, 0.717) is 11.5 Å². The zero-order valence-corrected chi connectivity index (χ0v) is 10.2. The van der Waals surface area contributed by atoms with E-state index in [1.165, 1.54) is 18.1 Å². The van der Waals surface area contributed by atoms with E-state index in [2.05, 4.69) is 30.0 Å². The molecule has 0 N–H and O–H groups in total. The monoisotopic (exact) mass is 259 g/mol. The number of carbonyl (C=O) groups is 1. The van der Waals surface area contributed by atoms with Crippen molar-refractivity contribution in [3.63, 3.8) is 0 Å². The van der Waals surface area contributed by atoms with Crippen molar-refractivity contribution in [2.45, 2.75) is 6.92 Å². The van der Waals surface area contributed by atoms with Crippen LogP contribution < -0.4 is 0 Å². The first-order chi connectivity index (χ1) is 9.20. The van der Waals surface area contributed by atoms with E-state index in [4.69, 9.17) is 0 Å². The van der Waals surface area contributed by atoms with Gasteiger partial charge in [0.2, 0.25) is 11.5 Å². The highest BCUT2D eigenvalue weighted by molar-refractivity contribution is 5.84. The van der Waals surface area contributed by atoms with Crippen molar-refractivity contribution in [3.05, 3.63) is 30.4 Å². The van der Waals surface area contributed by atoms with Crippen molar-refractivity contribution in [1.29, 1.82) is 0 Å². The summed E-state index contributed by atoms with van der Waals surface area (Å²) in [6.45, 7) is 1.82. The van der Waals surface area contributed by atoms with Gasteiger partial charge in [-0.3, -0.25) is 4.40 Å². The summed E-state index contributed by atoms with van der Waals surface area (Å²) >= 11 is 0. The van der Waals surface area contributed by atoms with Crippen molar-refractivity contribution >= 4 is 11.6 Å². The number of carbonyl (C=O) groups excluding carboxylic acids is 1. The summed E-state index contributed by atoms with van der Waals surface area (Å²) in [6, 6.07) is 0. The molecule has 96 valence electrons. The molecule has 0 fully saturated rings. The predicted octanol–water partition coefficient (Wildman–Crippen LogP) is -0.200. The van der Waals surface area contributed by atoms with Crippen LogP contribution in [0.3, 0.4) is 0 Å². The fourth-order valence-corrected chi connectivity index (χ4v) is 1.64. The third-order valence-electron chi connectivity index (χ3n) is 2.56. The molecule has 3 aromatic heterocycles. The molecule has 0 aliphatic rings. The highest BCUT2D eigenvalue weighted by atomic mass is 16.5. The van der Waals surface area contributed by atoms with Crippen LogP contribution in [0.15, 0.2) is 18.7 Å². The maximum Gasteiger partial charge on any atom is 0.377 e. The quantitative estimate of drug-likeness (QED) is 0.587. The summed E-state index contributed by atoms with van der Waals surface area (Å²) in [5, 5.41) is 12.0. The zero-order chi connectivity index (χ0) is 13.4. The van der Waals surface area contributed by atoms with E-state index in [9.17, 15) is 4.79 Å². The lowest BCUT2D eigenvalue weighted by Gasteiger charge is -2.00. The van der Waals surface area contributed by atoms with Crippen LogP contribution in [-0.4, -0.2) is 47.4 Å². The lowest BCUT2D eigenvalue weighted by Crippen LogP contribution is -2.07. The molecule has 0 bridgehead atoms. The first-order valence-electron chi connectivity index (χ1n) is 5.37. The Balaban J connectivity index is 2.14. The third-order valence-corrected chi connectivity index (χ3v) is 2.56. The fourth-order valence-electron chi connectivity index (χ4n) is 1.64. The van der Waals surface area contributed by atoms with Crippen molar-refractivity contribution in [3.8, 4) is 5.82 Å². The van der Waals surface area contributed by atoms with Gasteiger partial charge >= 0.3 is 5.97 Å². The molecule has 0 radical (unpaired) electrons. The molecule has 9 nitrogen and oxygen atoms in total. The number of esters is 1. The first kappa shape index (κ1) is 11.3. The molecule has 0 aliphatic carbocycles. The van der Waals surface area contributed by atoms with Crippen LogP contribution >= 0.6 is 0 Å². The molecule has 0 saturated carbocycles. The van der Waals surface area contributed by atoms with Gasteiger partial charge in [-0.1, -0.05) is 0 Å². The molecule has 3 rings (SSSR count). The van der Waals surface area contributed by atoms with E-state index in [-0.39, 0.29) is 5.82 Å². The van der Waals surface area contributed by atoms with E-state index in [1.807, 2.05) is 6.92 Å². The number of fused-ring (bicyclic) bond motifs is 1. The highest BCUT2D eigenvalue weighted by Gasteiger charge is 2.15. The van der Waals surface area contributed by atoms with Crippen LogP contribution in [0.2, 0.25) is 0 Å². The molecule has 0 saturated heterocycles. The molecular weight excluding hydrogens is 250 g/mol. The SMILES string of the molecule is COC(=O)c1ncn(-c2nccn3c(C)nnc23)n1. The molecule has 0 spiro atoms. The Hall–Kier alpha value is -2.84. The average Bonchev–Trinajstić information content (AvgIpc) is 3.05. The normalized spacial score (nSPS) is 10.8. The number of rotatable bonds is 2. The molecular formula is C10H9N7O2. The minimum Gasteiger partial charge on any atom is -0.463 e. The van der Waals surface area contributed by atoms with Crippen LogP contribution in [0.4, 0.5) is 0 Å². The van der Waals surface area contributed by atoms with Gasteiger partial charge in [-0.15, -0.1) is 15.3 Å². The Morgan fingerprint density at radius 2 is 2.16 bits per heavy atom. The third kappa shape index (κ3) is 1.71. The van der Waals surface area contributed by atoms with Crippen LogP contribution in [0.25, 0.3) is 11.5 Å². The summed E-state index contributed by atoms with van der Waals surface area (Å²) in [6.07, 6.45) is 4.71. The van der Waals surface area contributed by atoms with E-state index >= 15 is 0 Å². The van der Waals surface area contributed by atoms with E-state index in [1.54, 1.807) is 16.8 Å². The van der Waals surface area contributed by atoms with Gasteiger partial charge in [0.25, 0.3) is 5.82 Å². The maximum absolute atomic E-state index is 11.3. The molecule has 0 amide bonds. The number of hydrogen-bond donors (Lipinski definition) is 0. The molecule has 9 heteroatoms. The number of aromatic nitrogens is 7. The number of methoxy groups -OCH3 is 1. The van der Waals surface area contributed by atoms with Gasteiger partial charge in [0.15, 0.2) is 0 Å². The Bertz CT molecular complexity index is 760. The number of nitrogens with zero attached hydrogens (tertiary/aromatic N) is 7. The number of ether oxygens (including phenoxy) is 1. The van der Waals surface area contributed by atoms with E-state index in [0.717, 1.165) is 5.82 Å². The smallest absolute Gasteiger partial charge is 0.377 e. The largest absolute Gasteiger partial charge is 0.463 e. The number of hydrogen-bond acceptors (Lipinski definition) is 7. The molecule has 0 unspecified atom stereocenters. The standard InChI is InChI=1S/C10H9N7O2/c1-6-13-14-9-8(11-3-4-16(6)9)17-5-12-7(15-17)10(18)19-2/h3-5H,1-2H3. The second kappa shape index (κ2) is 4.12. The topological polar surface area (TPSA) is 100 Å². The molecule has 0 atom stereocenters. The first-order valence-corrected chi connectivity index (χ1v) is 5.37. The maximum atomic E-state index is 11.3. The van der Waals surface area contributed by atoms with Crippen molar-refractivity contribution in [1.82, 2.24) is 34.3 Å². The molecule has 19 heavy (non-hydrogen) atoms. The predicted molar refractivity (Wildman–Crippen MR) is 61.8 cm³/mol. The summed E-state index contributed by atoms with van der Waals surface area (Å²) < 4.78 is 7.67. The molecule has 3 heterocycles. The van der Waals surface area contributed by atoms with Crippen molar-refractivity contribution in [2.75, 3.05) is 7.11 Å². The second-order valence-electron chi connectivity index (χ2n) is 3.70. The van der Waals surface area contributed by atoms with Crippen molar-refractivity contribution < 1.29 is 9.53 Å². The van der Waals surface area contributed by atoms with Crippen LogP contribution in [-0.2, 0) is 4.74 Å². The minimum atomic E-state index is -0.608. The van der Waals surface area contributed by atoms with Gasteiger partial charge in [-0.2, -0.15) is 4.68 Å². The highest BCUT2D eigenvalue weighted by Crippen LogP contribution is 2.10. The molecule has 0 aromatic carbocycles. The lowest BCUT2D eigenvalue weighted by molar-refractivity contribution is 0.0587. The van der Waals surface area contributed by atoms with Gasteiger partial charge in [0, 0.05) is 12.4 Å². The van der Waals surface area contributed by atoms with Crippen LogP contribution in [0.5, 0.6) is 0 Å². The Morgan fingerprint density at radius 1 is 1.32 bits per heavy atom. The fraction of sp³-hybridized carbons (Fsp3) is 0.200. The van der Waals surface area contributed by atoms with Crippen LogP contribution in [0.1, 0.15) is 16.4 Å². The van der Waals surface area contributed by atoms with Crippen molar-refractivity contribution in [2.24, 2.45) is 0 Å². The minimum absolute atomic E-state index is 0.0393. The summed E-state index contributed by atoms with van der Waals surface area (Å²) in [7, 11) is 1.27. The van der Waals surface area contributed by atoms with Crippen LogP contribution in [0, 0.1) is 6.92 Å². The number of aryl methyl sites for hydroxylation is 1. The van der Waals surface area contributed by atoms with E-state index < -0.39 is 5.97 Å². The Kier molecular flexibility index (Phi) is 2.44. The Morgan fingerprint density at radius 3 is 2.95 bits per heavy atom. The van der Waals surface area contributed by atoms with Gasteiger partial charge in [-0.25, -0.2) is 14.8 Å². The van der Waals surface area contributed by atoms with Gasteiger partial charge < -0.3 is 4.74 Å².